The Labute approximate surface area is 137 Å². The quantitative estimate of drug-likeness (QED) is 0.748. The minimum absolute atomic E-state index is 0.0901. The maximum Gasteiger partial charge on any atom is 0.241 e. The number of aryl methyl sites for hydroxylation is 1. The molecule has 1 aromatic heterocycles. The van der Waals surface area contributed by atoms with Crippen molar-refractivity contribution in [2.75, 3.05) is 11.5 Å². The van der Waals surface area contributed by atoms with Crippen LogP contribution in [0.25, 0.3) is 16.8 Å². The lowest BCUT2D eigenvalue weighted by Gasteiger charge is -2.11. The number of hydrogen-bond donors (Lipinski definition) is 2. The second kappa shape index (κ2) is 5.51. The second-order valence-corrected chi connectivity index (χ2v) is 5.70. The first-order chi connectivity index (χ1) is 10.5. The predicted molar refractivity (Wildman–Crippen MR) is 90.4 cm³/mol. The van der Waals surface area contributed by atoms with Gasteiger partial charge in [0.05, 0.1) is 15.7 Å². The molecule has 0 aliphatic heterocycles. The van der Waals surface area contributed by atoms with E-state index in [9.17, 15) is 0 Å². The molecule has 0 fully saturated rings. The Morgan fingerprint density at radius 1 is 1.00 bits per heavy atom. The molecule has 3 aromatic rings. The van der Waals surface area contributed by atoms with Gasteiger partial charge in [-0.2, -0.15) is 9.67 Å². The number of anilines is 2. The molecule has 0 saturated heterocycles. The molecule has 4 N–H and O–H groups in total. The van der Waals surface area contributed by atoms with Crippen molar-refractivity contribution in [1.82, 2.24) is 14.8 Å². The van der Waals surface area contributed by atoms with E-state index in [1.165, 1.54) is 10.2 Å². The van der Waals surface area contributed by atoms with E-state index >= 15 is 0 Å². The van der Waals surface area contributed by atoms with Gasteiger partial charge in [0.15, 0.2) is 0 Å². The number of aromatic nitrogens is 3. The molecule has 1 heterocycles. The van der Waals surface area contributed by atoms with Crippen LogP contribution < -0.4 is 11.5 Å². The zero-order valence-corrected chi connectivity index (χ0v) is 13.2. The lowest BCUT2D eigenvalue weighted by molar-refractivity contribution is 0.896. The summed E-state index contributed by atoms with van der Waals surface area (Å²) in [5, 5.41) is 5.02. The van der Waals surface area contributed by atoms with Crippen molar-refractivity contribution < 1.29 is 0 Å². The van der Waals surface area contributed by atoms with Crippen LogP contribution in [-0.4, -0.2) is 14.8 Å². The minimum atomic E-state index is 0.0901. The maximum absolute atomic E-state index is 6.40. The van der Waals surface area contributed by atoms with Crippen LogP contribution in [0.4, 0.5) is 11.9 Å². The number of nitrogen functional groups attached to an aromatic ring is 2. The highest BCUT2D eigenvalue weighted by Crippen LogP contribution is 2.37. The average Bonchev–Trinajstić information content (AvgIpc) is 2.79. The van der Waals surface area contributed by atoms with Crippen LogP contribution in [0, 0.1) is 6.92 Å². The highest BCUT2D eigenvalue weighted by Gasteiger charge is 2.14. The summed E-state index contributed by atoms with van der Waals surface area (Å²) in [6.45, 7) is 2.02. The summed E-state index contributed by atoms with van der Waals surface area (Å²) < 4.78 is 1.39. The zero-order chi connectivity index (χ0) is 15.9. The first-order valence-electron chi connectivity index (χ1n) is 6.50. The fourth-order valence-electron chi connectivity index (χ4n) is 2.21. The number of halogens is 2. The van der Waals surface area contributed by atoms with Crippen molar-refractivity contribution in [2.45, 2.75) is 6.92 Å². The molecule has 2 aromatic carbocycles. The van der Waals surface area contributed by atoms with E-state index in [-0.39, 0.29) is 11.9 Å². The molecule has 0 bridgehead atoms. The third kappa shape index (κ3) is 2.61. The van der Waals surface area contributed by atoms with Gasteiger partial charge in [0.1, 0.15) is 0 Å². The van der Waals surface area contributed by atoms with Gasteiger partial charge in [-0.05, 0) is 24.6 Å². The van der Waals surface area contributed by atoms with Crippen molar-refractivity contribution in [2.24, 2.45) is 0 Å². The van der Waals surface area contributed by atoms with Crippen LogP contribution >= 0.6 is 23.2 Å². The molecule has 0 amide bonds. The van der Waals surface area contributed by atoms with E-state index in [2.05, 4.69) is 10.1 Å². The topological polar surface area (TPSA) is 82.8 Å². The Bertz CT molecular complexity index is 817. The summed E-state index contributed by atoms with van der Waals surface area (Å²) in [5.74, 6) is 0.264. The molecule has 7 heteroatoms. The van der Waals surface area contributed by atoms with Gasteiger partial charge >= 0.3 is 0 Å². The van der Waals surface area contributed by atoms with Crippen LogP contribution in [0.5, 0.6) is 0 Å². The highest BCUT2D eigenvalue weighted by atomic mass is 35.5. The van der Waals surface area contributed by atoms with Crippen molar-refractivity contribution in [3.63, 3.8) is 0 Å². The predicted octanol–water partition coefficient (Wildman–Crippen LogP) is 3.71. The first-order valence-corrected chi connectivity index (χ1v) is 7.26. The standard InChI is InChI=1S/C15H13Cl2N5/c1-8-2-4-9(5-3-8)13-11(16)6-10(7-12(13)17)22-15(19)20-14(18)21-22/h2-7H,1H3,(H4,18,19,20,21). The van der Waals surface area contributed by atoms with E-state index in [0.29, 0.717) is 15.7 Å². The van der Waals surface area contributed by atoms with Crippen LogP contribution in [0.15, 0.2) is 36.4 Å². The first kappa shape index (κ1) is 14.7. The van der Waals surface area contributed by atoms with E-state index < -0.39 is 0 Å². The number of nitrogens with two attached hydrogens (primary N) is 2. The Kier molecular flexibility index (Phi) is 3.68. The summed E-state index contributed by atoms with van der Waals surface area (Å²) in [4.78, 5) is 3.86. The normalized spacial score (nSPS) is 10.9. The Morgan fingerprint density at radius 2 is 1.59 bits per heavy atom. The lowest BCUT2D eigenvalue weighted by atomic mass is 10.0. The van der Waals surface area contributed by atoms with Gasteiger partial charge in [0, 0.05) is 5.56 Å². The Balaban J connectivity index is 2.12. The molecule has 0 radical (unpaired) electrons. The minimum Gasteiger partial charge on any atom is -0.368 e. The van der Waals surface area contributed by atoms with Gasteiger partial charge in [-0.1, -0.05) is 53.0 Å². The van der Waals surface area contributed by atoms with E-state index in [1.807, 2.05) is 31.2 Å². The molecular formula is C15H13Cl2N5. The number of nitrogens with zero attached hydrogens (tertiary/aromatic N) is 3. The van der Waals surface area contributed by atoms with Crippen molar-refractivity contribution in [3.05, 3.63) is 52.0 Å². The molecule has 5 nitrogen and oxygen atoms in total. The third-order valence-electron chi connectivity index (χ3n) is 3.26. The van der Waals surface area contributed by atoms with Gasteiger partial charge in [0.2, 0.25) is 11.9 Å². The Morgan fingerprint density at radius 3 is 2.09 bits per heavy atom. The lowest BCUT2D eigenvalue weighted by Crippen LogP contribution is -2.03. The summed E-state index contributed by atoms with van der Waals surface area (Å²) in [7, 11) is 0. The van der Waals surface area contributed by atoms with E-state index in [4.69, 9.17) is 34.7 Å². The van der Waals surface area contributed by atoms with Gasteiger partial charge in [-0.3, -0.25) is 0 Å². The molecule has 0 unspecified atom stereocenters. The van der Waals surface area contributed by atoms with Gasteiger partial charge in [0.25, 0.3) is 0 Å². The molecular weight excluding hydrogens is 321 g/mol. The summed E-state index contributed by atoms with van der Waals surface area (Å²) in [6, 6.07) is 11.4. The molecule has 0 saturated carbocycles. The average molecular weight is 334 g/mol. The van der Waals surface area contributed by atoms with Gasteiger partial charge in [-0.15, -0.1) is 5.10 Å². The largest absolute Gasteiger partial charge is 0.368 e. The molecule has 0 aliphatic rings. The van der Waals surface area contributed by atoms with E-state index in [0.717, 1.165) is 11.1 Å². The smallest absolute Gasteiger partial charge is 0.241 e. The molecule has 112 valence electrons. The summed E-state index contributed by atoms with van der Waals surface area (Å²) in [5.41, 5.74) is 14.8. The summed E-state index contributed by atoms with van der Waals surface area (Å²) >= 11 is 12.8. The summed E-state index contributed by atoms with van der Waals surface area (Å²) in [6.07, 6.45) is 0. The van der Waals surface area contributed by atoms with Gasteiger partial charge < -0.3 is 11.5 Å². The zero-order valence-electron chi connectivity index (χ0n) is 11.7. The SMILES string of the molecule is Cc1ccc(-c2c(Cl)cc(-n3nc(N)nc3N)cc2Cl)cc1. The van der Waals surface area contributed by atoms with Gasteiger partial charge in [-0.25, -0.2) is 0 Å². The Hall–Kier alpha value is -2.24. The molecule has 0 atom stereocenters. The van der Waals surface area contributed by atoms with Crippen molar-refractivity contribution in [3.8, 4) is 16.8 Å². The van der Waals surface area contributed by atoms with Crippen LogP contribution in [0.1, 0.15) is 5.56 Å². The molecule has 0 spiro atoms. The molecule has 22 heavy (non-hydrogen) atoms. The highest BCUT2D eigenvalue weighted by molar-refractivity contribution is 6.39. The number of benzene rings is 2. The molecule has 3 rings (SSSR count). The number of rotatable bonds is 2. The monoisotopic (exact) mass is 333 g/mol. The van der Waals surface area contributed by atoms with Crippen LogP contribution in [0.3, 0.4) is 0 Å². The number of hydrogen-bond acceptors (Lipinski definition) is 4. The van der Waals surface area contributed by atoms with Crippen molar-refractivity contribution >= 4 is 35.1 Å². The van der Waals surface area contributed by atoms with Crippen molar-refractivity contribution in [1.29, 1.82) is 0 Å². The third-order valence-corrected chi connectivity index (χ3v) is 3.86. The fourth-order valence-corrected chi connectivity index (χ4v) is 2.90. The molecule has 0 aliphatic carbocycles. The van der Waals surface area contributed by atoms with Crippen LogP contribution in [0.2, 0.25) is 10.0 Å². The van der Waals surface area contributed by atoms with E-state index in [1.54, 1.807) is 12.1 Å². The fraction of sp³-hybridized carbons (Fsp3) is 0.0667. The maximum atomic E-state index is 6.40. The van der Waals surface area contributed by atoms with Crippen LogP contribution in [-0.2, 0) is 0 Å². The second-order valence-electron chi connectivity index (χ2n) is 4.89.